The number of carboxylic acids is 1. The van der Waals surface area contributed by atoms with E-state index < -0.39 is 5.97 Å². The van der Waals surface area contributed by atoms with Crippen molar-refractivity contribution in [3.05, 3.63) is 57.8 Å². The molecule has 0 aliphatic heterocycles. The first-order valence-corrected chi connectivity index (χ1v) is 10.7. The van der Waals surface area contributed by atoms with E-state index in [4.69, 9.17) is 0 Å². The van der Waals surface area contributed by atoms with E-state index in [2.05, 4.69) is 54.0 Å². The van der Waals surface area contributed by atoms with Gasteiger partial charge in [-0.25, -0.2) is 0 Å². The molecule has 4 heteroatoms. The first-order valence-electron chi connectivity index (χ1n) is 9.78. The molecule has 0 amide bonds. The number of nitrogens with one attached hydrogen (secondary N) is 1. The molecule has 1 fully saturated rings. The number of unbranched alkanes of at least 4 members (excludes halogenated alkanes) is 1. The van der Waals surface area contributed by atoms with Gasteiger partial charge in [0, 0.05) is 10.9 Å². The van der Waals surface area contributed by atoms with Gasteiger partial charge < -0.3 is 10.4 Å². The minimum Gasteiger partial charge on any atom is -0.481 e. The third kappa shape index (κ3) is 4.95. The fraction of sp³-hybridized carbons (Fsp3) is 0.500. The zero-order valence-corrected chi connectivity index (χ0v) is 16.3. The molecule has 0 radical (unpaired) electrons. The summed E-state index contributed by atoms with van der Waals surface area (Å²) in [6.07, 6.45) is 7.03. The van der Waals surface area contributed by atoms with Crippen molar-refractivity contribution in [2.45, 2.75) is 64.0 Å². The second-order valence-electron chi connectivity index (χ2n) is 7.35. The number of rotatable bonds is 8. The van der Waals surface area contributed by atoms with Crippen molar-refractivity contribution in [2.24, 2.45) is 5.92 Å². The zero-order chi connectivity index (χ0) is 18.4. The van der Waals surface area contributed by atoms with E-state index in [1.807, 2.05) is 0 Å². The lowest BCUT2D eigenvalue weighted by Gasteiger charge is -2.31. The summed E-state index contributed by atoms with van der Waals surface area (Å²) in [7, 11) is 0. The van der Waals surface area contributed by atoms with E-state index in [1.54, 1.807) is 11.3 Å². The summed E-state index contributed by atoms with van der Waals surface area (Å²) < 4.78 is 0. The molecule has 0 bridgehead atoms. The maximum Gasteiger partial charge on any atom is 0.306 e. The summed E-state index contributed by atoms with van der Waals surface area (Å²) in [4.78, 5) is 12.5. The smallest absolute Gasteiger partial charge is 0.306 e. The van der Waals surface area contributed by atoms with Gasteiger partial charge in [-0.15, -0.1) is 11.3 Å². The summed E-state index contributed by atoms with van der Waals surface area (Å²) in [6.45, 7) is 2.23. The van der Waals surface area contributed by atoms with Gasteiger partial charge in [0.05, 0.1) is 12.0 Å². The molecule has 0 spiro atoms. The van der Waals surface area contributed by atoms with Gasteiger partial charge in [0.2, 0.25) is 0 Å². The predicted molar refractivity (Wildman–Crippen MR) is 108 cm³/mol. The fourth-order valence-electron chi connectivity index (χ4n) is 3.80. The molecule has 140 valence electrons. The highest BCUT2D eigenvalue weighted by atomic mass is 32.1. The van der Waals surface area contributed by atoms with E-state index >= 15 is 0 Å². The molecule has 2 N–H and O–H groups in total. The Morgan fingerprint density at radius 1 is 1.19 bits per heavy atom. The van der Waals surface area contributed by atoms with Crippen LogP contribution in [-0.4, -0.2) is 17.1 Å². The monoisotopic (exact) mass is 371 g/mol. The zero-order valence-electron chi connectivity index (χ0n) is 15.5. The topological polar surface area (TPSA) is 49.3 Å². The number of carbonyl (C=O) groups is 1. The van der Waals surface area contributed by atoms with Crippen molar-refractivity contribution in [3.8, 4) is 0 Å². The molecule has 1 saturated carbocycles. The van der Waals surface area contributed by atoms with Gasteiger partial charge in [-0.1, -0.05) is 43.7 Å². The number of aliphatic carboxylic acids is 1. The molecule has 26 heavy (non-hydrogen) atoms. The Balaban J connectivity index is 1.69. The van der Waals surface area contributed by atoms with Crippen molar-refractivity contribution >= 4 is 17.3 Å². The van der Waals surface area contributed by atoms with Crippen molar-refractivity contribution < 1.29 is 9.90 Å². The van der Waals surface area contributed by atoms with Gasteiger partial charge in [-0.3, -0.25) is 4.79 Å². The van der Waals surface area contributed by atoms with Crippen LogP contribution < -0.4 is 5.32 Å². The molecule has 1 heterocycles. The molecule has 1 aromatic carbocycles. The Hall–Kier alpha value is -1.65. The predicted octanol–water partition coefficient (Wildman–Crippen LogP) is 5.41. The molecule has 3 rings (SSSR count). The summed E-state index contributed by atoms with van der Waals surface area (Å²) in [5, 5.41) is 15.1. The van der Waals surface area contributed by atoms with E-state index in [1.165, 1.54) is 28.8 Å². The van der Waals surface area contributed by atoms with Crippen LogP contribution in [0.2, 0.25) is 0 Å². The highest BCUT2D eigenvalue weighted by molar-refractivity contribution is 7.10. The fourth-order valence-corrected chi connectivity index (χ4v) is 4.61. The maximum atomic E-state index is 11.2. The highest BCUT2D eigenvalue weighted by Crippen LogP contribution is 2.31. The number of thiophene rings is 1. The van der Waals surface area contributed by atoms with Gasteiger partial charge in [-0.2, -0.15) is 0 Å². The van der Waals surface area contributed by atoms with Crippen LogP contribution in [0.25, 0.3) is 0 Å². The highest BCUT2D eigenvalue weighted by Gasteiger charge is 2.28. The SMILES string of the molecule is CCCCc1ccc(C(NC2CCC(C(=O)O)CC2)c2cccs2)cc1. The lowest BCUT2D eigenvalue weighted by Crippen LogP contribution is -2.37. The molecule has 1 aromatic heterocycles. The molecule has 1 atom stereocenters. The van der Waals surface area contributed by atoms with Crippen LogP contribution in [-0.2, 0) is 11.2 Å². The van der Waals surface area contributed by atoms with Crippen LogP contribution in [0.4, 0.5) is 0 Å². The largest absolute Gasteiger partial charge is 0.481 e. The third-order valence-electron chi connectivity index (χ3n) is 5.44. The van der Waals surface area contributed by atoms with Crippen molar-refractivity contribution in [1.82, 2.24) is 5.32 Å². The second kappa shape index (κ2) is 9.33. The van der Waals surface area contributed by atoms with E-state index in [-0.39, 0.29) is 12.0 Å². The van der Waals surface area contributed by atoms with Gasteiger partial charge in [0.15, 0.2) is 0 Å². The van der Waals surface area contributed by atoms with Crippen LogP contribution in [0, 0.1) is 5.92 Å². The lowest BCUT2D eigenvalue weighted by molar-refractivity contribution is -0.142. The van der Waals surface area contributed by atoms with Crippen molar-refractivity contribution in [3.63, 3.8) is 0 Å². The van der Waals surface area contributed by atoms with E-state index in [0.717, 1.165) is 32.1 Å². The number of carboxylic acid groups (broad SMARTS) is 1. The molecule has 1 aliphatic rings. The molecule has 2 aromatic rings. The molecular formula is C22H29NO2S. The summed E-state index contributed by atoms with van der Waals surface area (Å²) in [5.41, 5.74) is 2.70. The maximum absolute atomic E-state index is 11.2. The molecule has 1 unspecified atom stereocenters. The van der Waals surface area contributed by atoms with Crippen LogP contribution in [0.1, 0.15) is 67.5 Å². The first kappa shape index (κ1) is 19.1. The molecular weight excluding hydrogens is 342 g/mol. The van der Waals surface area contributed by atoms with Crippen LogP contribution in [0.3, 0.4) is 0 Å². The average Bonchev–Trinajstić information content (AvgIpc) is 3.20. The van der Waals surface area contributed by atoms with Crippen molar-refractivity contribution in [2.75, 3.05) is 0 Å². The van der Waals surface area contributed by atoms with E-state index in [0.29, 0.717) is 6.04 Å². The standard InChI is InChI=1S/C22H29NO2S/c1-2-3-5-16-7-9-17(10-8-16)21(20-6-4-15-26-20)23-19-13-11-18(12-14-19)22(24)25/h4,6-10,15,18-19,21,23H,2-3,5,11-14H2,1H3,(H,24,25). The number of hydrogen-bond donors (Lipinski definition) is 2. The number of benzene rings is 1. The minimum absolute atomic E-state index is 0.161. The average molecular weight is 372 g/mol. The third-order valence-corrected chi connectivity index (χ3v) is 6.38. The molecule has 1 aliphatic carbocycles. The van der Waals surface area contributed by atoms with Gasteiger partial charge in [0.25, 0.3) is 0 Å². The normalized spacial score (nSPS) is 21.4. The summed E-state index contributed by atoms with van der Waals surface area (Å²) in [5.74, 6) is -0.799. The van der Waals surface area contributed by atoms with Gasteiger partial charge >= 0.3 is 5.97 Å². The summed E-state index contributed by atoms with van der Waals surface area (Å²) in [6, 6.07) is 13.9. The van der Waals surface area contributed by atoms with Crippen molar-refractivity contribution in [1.29, 1.82) is 0 Å². The Morgan fingerprint density at radius 3 is 2.50 bits per heavy atom. The Bertz CT molecular complexity index is 673. The minimum atomic E-state index is -0.638. The molecule has 3 nitrogen and oxygen atoms in total. The van der Waals surface area contributed by atoms with Gasteiger partial charge in [0.1, 0.15) is 0 Å². The number of hydrogen-bond acceptors (Lipinski definition) is 3. The Kier molecular flexibility index (Phi) is 6.86. The number of aryl methyl sites for hydroxylation is 1. The first-order chi connectivity index (χ1) is 12.7. The lowest BCUT2D eigenvalue weighted by atomic mass is 9.85. The van der Waals surface area contributed by atoms with Crippen LogP contribution in [0.5, 0.6) is 0 Å². The second-order valence-corrected chi connectivity index (χ2v) is 8.33. The van der Waals surface area contributed by atoms with Gasteiger partial charge in [-0.05, 0) is 61.1 Å². The Labute approximate surface area is 160 Å². The van der Waals surface area contributed by atoms with Crippen LogP contribution >= 0.6 is 11.3 Å². The van der Waals surface area contributed by atoms with E-state index in [9.17, 15) is 9.90 Å². The van der Waals surface area contributed by atoms with Crippen LogP contribution in [0.15, 0.2) is 41.8 Å². The summed E-state index contributed by atoms with van der Waals surface area (Å²) >= 11 is 1.78. The Morgan fingerprint density at radius 2 is 1.92 bits per heavy atom. The molecule has 0 saturated heterocycles. The quantitative estimate of drug-likeness (QED) is 0.652.